The van der Waals surface area contributed by atoms with Crippen molar-refractivity contribution in [2.75, 3.05) is 0 Å². The Balaban J connectivity index is 1.69. The fourth-order valence-corrected chi connectivity index (χ4v) is 3.12. The van der Waals surface area contributed by atoms with Crippen LogP contribution in [0.2, 0.25) is 0 Å². The number of hydrogen-bond acceptors (Lipinski definition) is 2. The Kier molecular flexibility index (Phi) is 4.48. The Labute approximate surface area is 152 Å². The van der Waals surface area contributed by atoms with E-state index in [1.54, 1.807) is 6.20 Å². The number of fused-ring (bicyclic) bond motifs is 1. The molecule has 0 radical (unpaired) electrons. The molecule has 0 bridgehead atoms. The number of nitrogens with one attached hydrogen (secondary N) is 1. The lowest BCUT2D eigenvalue weighted by Crippen LogP contribution is -2.30. The van der Waals surface area contributed by atoms with Crippen LogP contribution in [0.3, 0.4) is 0 Å². The summed E-state index contributed by atoms with van der Waals surface area (Å²) in [7, 11) is 0. The van der Waals surface area contributed by atoms with Crippen LogP contribution in [-0.4, -0.2) is 21.0 Å². The summed E-state index contributed by atoms with van der Waals surface area (Å²) in [6, 6.07) is 25.8. The van der Waals surface area contributed by atoms with Crippen LogP contribution in [0, 0.1) is 0 Å². The molecule has 4 aromatic rings. The van der Waals surface area contributed by atoms with Gasteiger partial charge in [-0.3, -0.25) is 9.89 Å². The number of H-pyrrole nitrogens is 1. The number of rotatable bonds is 5. The van der Waals surface area contributed by atoms with Crippen molar-refractivity contribution in [3.63, 3.8) is 0 Å². The number of para-hydroxylation sites is 1. The zero-order valence-electron chi connectivity index (χ0n) is 14.3. The lowest BCUT2D eigenvalue weighted by Gasteiger charge is -2.23. The summed E-state index contributed by atoms with van der Waals surface area (Å²) in [4.78, 5) is 15.2. The average molecular weight is 341 g/mol. The number of benzene rings is 3. The minimum atomic E-state index is -0.00689. The molecule has 0 aliphatic rings. The lowest BCUT2D eigenvalue weighted by molar-refractivity contribution is 0.0732. The van der Waals surface area contributed by atoms with Gasteiger partial charge in [-0.1, -0.05) is 72.8 Å². The molecule has 0 saturated carbocycles. The zero-order valence-corrected chi connectivity index (χ0v) is 14.3. The highest BCUT2D eigenvalue weighted by Crippen LogP contribution is 2.20. The van der Waals surface area contributed by atoms with Gasteiger partial charge in [0.05, 0.1) is 17.3 Å². The largest absolute Gasteiger partial charge is 0.330 e. The van der Waals surface area contributed by atoms with Crippen molar-refractivity contribution < 1.29 is 4.79 Å². The molecule has 1 aromatic heterocycles. The molecule has 0 fully saturated rings. The molecule has 128 valence electrons. The Hall–Kier alpha value is -3.40. The molecule has 0 aliphatic heterocycles. The second-order valence-electron chi connectivity index (χ2n) is 6.27. The molecular formula is C22H19N3O. The van der Waals surface area contributed by atoms with Crippen molar-refractivity contribution in [3.05, 3.63) is 102 Å². The predicted octanol–water partition coefficient (Wildman–Crippen LogP) is 4.41. The average Bonchev–Trinajstić information content (AvgIpc) is 3.17. The van der Waals surface area contributed by atoms with E-state index in [2.05, 4.69) is 10.2 Å². The molecule has 0 saturated heterocycles. The predicted molar refractivity (Wildman–Crippen MR) is 103 cm³/mol. The van der Waals surface area contributed by atoms with Crippen LogP contribution in [0.15, 0.2) is 85.1 Å². The van der Waals surface area contributed by atoms with E-state index in [4.69, 9.17) is 0 Å². The lowest BCUT2D eigenvalue weighted by atomic mass is 10.1. The van der Waals surface area contributed by atoms with E-state index < -0.39 is 0 Å². The molecule has 0 unspecified atom stereocenters. The number of amides is 1. The van der Waals surface area contributed by atoms with Gasteiger partial charge in [-0.15, -0.1) is 0 Å². The number of aromatic amines is 1. The Morgan fingerprint density at radius 1 is 0.808 bits per heavy atom. The Bertz CT molecular complexity index is 968. The van der Waals surface area contributed by atoms with E-state index in [-0.39, 0.29) is 5.91 Å². The minimum absolute atomic E-state index is 0.00689. The van der Waals surface area contributed by atoms with Crippen LogP contribution in [0.25, 0.3) is 10.9 Å². The second kappa shape index (κ2) is 7.23. The maximum Gasteiger partial charge on any atom is 0.256 e. The number of aromatic nitrogens is 2. The van der Waals surface area contributed by atoms with E-state index in [9.17, 15) is 4.79 Å². The smallest absolute Gasteiger partial charge is 0.256 e. The molecular weight excluding hydrogens is 322 g/mol. The normalized spacial score (nSPS) is 10.8. The fraction of sp³-hybridized carbons (Fsp3) is 0.0909. The summed E-state index contributed by atoms with van der Waals surface area (Å²) in [6.07, 6.45) is 1.74. The third kappa shape index (κ3) is 3.35. The maximum atomic E-state index is 13.3. The highest BCUT2D eigenvalue weighted by atomic mass is 16.2. The first-order valence-electron chi connectivity index (χ1n) is 8.60. The van der Waals surface area contributed by atoms with Crippen LogP contribution >= 0.6 is 0 Å². The van der Waals surface area contributed by atoms with Gasteiger partial charge in [0, 0.05) is 18.5 Å². The second-order valence-corrected chi connectivity index (χ2v) is 6.27. The van der Waals surface area contributed by atoms with Crippen LogP contribution in [0.4, 0.5) is 0 Å². The first-order chi connectivity index (χ1) is 12.8. The van der Waals surface area contributed by atoms with Gasteiger partial charge in [0.1, 0.15) is 0 Å². The third-order valence-corrected chi connectivity index (χ3v) is 4.43. The van der Waals surface area contributed by atoms with Gasteiger partial charge in [-0.2, -0.15) is 5.10 Å². The van der Waals surface area contributed by atoms with Crippen molar-refractivity contribution in [1.82, 2.24) is 15.1 Å². The van der Waals surface area contributed by atoms with E-state index >= 15 is 0 Å². The Morgan fingerprint density at radius 2 is 1.42 bits per heavy atom. The van der Waals surface area contributed by atoms with Gasteiger partial charge in [0.15, 0.2) is 0 Å². The van der Waals surface area contributed by atoms with Gasteiger partial charge in [0.2, 0.25) is 0 Å². The van der Waals surface area contributed by atoms with E-state index in [1.165, 1.54) is 0 Å². The molecule has 3 aromatic carbocycles. The van der Waals surface area contributed by atoms with Gasteiger partial charge < -0.3 is 4.90 Å². The Morgan fingerprint density at radius 3 is 2.04 bits per heavy atom. The van der Waals surface area contributed by atoms with Crippen molar-refractivity contribution in [1.29, 1.82) is 0 Å². The highest BCUT2D eigenvalue weighted by Gasteiger charge is 2.19. The number of carbonyl (C=O) groups excluding carboxylic acids is 1. The first kappa shape index (κ1) is 16.1. The topological polar surface area (TPSA) is 49.0 Å². The number of carbonyl (C=O) groups is 1. The van der Waals surface area contributed by atoms with Crippen LogP contribution < -0.4 is 0 Å². The maximum absolute atomic E-state index is 13.3. The summed E-state index contributed by atoms with van der Waals surface area (Å²) in [6.45, 7) is 1.11. The molecule has 0 atom stereocenters. The monoisotopic (exact) mass is 341 g/mol. The number of hydrogen-bond donors (Lipinski definition) is 1. The van der Waals surface area contributed by atoms with Crippen LogP contribution in [0.5, 0.6) is 0 Å². The molecule has 4 heteroatoms. The van der Waals surface area contributed by atoms with Crippen molar-refractivity contribution >= 4 is 16.8 Å². The fourth-order valence-electron chi connectivity index (χ4n) is 3.12. The van der Waals surface area contributed by atoms with Crippen molar-refractivity contribution in [3.8, 4) is 0 Å². The summed E-state index contributed by atoms with van der Waals surface area (Å²) in [5, 5.41) is 7.97. The van der Waals surface area contributed by atoms with Gasteiger partial charge in [-0.05, 0) is 17.2 Å². The van der Waals surface area contributed by atoms with Gasteiger partial charge >= 0.3 is 0 Å². The SMILES string of the molecule is O=C(c1cccc2cn[nH]c12)N(Cc1ccccc1)Cc1ccccc1. The van der Waals surface area contributed by atoms with E-state index in [0.717, 1.165) is 22.0 Å². The molecule has 1 heterocycles. The zero-order chi connectivity index (χ0) is 17.8. The van der Waals surface area contributed by atoms with Crippen molar-refractivity contribution in [2.45, 2.75) is 13.1 Å². The minimum Gasteiger partial charge on any atom is -0.330 e. The summed E-state index contributed by atoms with van der Waals surface area (Å²) in [5.41, 5.74) is 3.64. The first-order valence-corrected chi connectivity index (χ1v) is 8.60. The molecule has 0 aliphatic carbocycles. The summed E-state index contributed by atoms with van der Waals surface area (Å²) >= 11 is 0. The van der Waals surface area contributed by atoms with Gasteiger partial charge in [-0.25, -0.2) is 0 Å². The molecule has 4 nitrogen and oxygen atoms in total. The third-order valence-electron chi connectivity index (χ3n) is 4.43. The molecule has 1 N–H and O–H groups in total. The highest BCUT2D eigenvalue weighted by molar-refractivity contribution is 6.05. The number of nitrogens with zero attached hydrogens (tertiary/aromatic N) is 2. The summed E-state index contributed by atoms with van der Waals surface area (Å²) < 4.78 is 0. The van der Waals surface area contributed by atoms with Crippen LogP contribution in [-0.2, 0) is 13.1 Å². The summed E-state index contributed by atoms with van der Waals surface area (Å²) in [5.74, 6) is -0.00689. The molecule has 1 amide bonds. The van der Waals surface area contributed by atoms with Gasteiger partial charge in [0.25, 0.3) is 5.91 Å². The van der Waals surface area contributed by atoms with Crippen molar-refractivity contribution in [2.24, 2.45) is 0 Å². The van der Waals surface area contributed by atoms with E-state index in [0.29, 0.717) is 18.7 Å². The molecule has 26 heavy (non-hydrogen) atoms. The quantitative estimate of drug-likeness (QED) is 0.585. The standard InChI is InChI=1S/C22H19N3O/c26-22(20-13-7-12-19-14-23-24-21(19)20)25(15-17-8-3-1-4-9-17)16-18-10-5-2-6-11-18/h1-14H,15-16H2,(H,23,24). The van der Waals surface area contributed by atoms with E-state index in [1.807, 2.05) is 83.8 Å². The van der Waals surface area contributed by atoms with Crippen LogP contribution in [0.1, 0.15) is 21.5 Å². The molecule has 4 rings (SSSR count). The molecule has 0 spiro atoms.